The summed E-state index contributed by atoms with van der Waals surface area (Å²) in [5.74, 6) is -6.95. The normalized spacial score (nSPS) is 28.6. The second-order valence-corrected chi connectivity index (χ2v) is 19.4. The average molecular weight is 976 g/mol. The molecule has 0 unspecified atom stereocenters. The molecule has 0 saturated heterocycles. The summed E-state index contributed by atoms with van der Waals surface area (Å²) in [5.41, 5.74) is -6.87. The van der Waals surface area contributed by atoms with Crippen LogP contribution in [-0.2, 0) is 49.5 Å². The zero-order valence-corrected chi connectivity index (χ0v) is 41.0. The molecular weight excluding hydrogens is 915 g/mol. The molecule has 16 nitrogen and oxygen atoms in total. The number of aliphatic hydroxyl groups is 3. The molecule has 16 heteroatoms. The molecule has 71 heavy (non-hydrogen) atoms. The molecule has 2 fully saturated rings. The van der Waals surface area contributed by atoms with Gasteiger partial charge in [0.2, 0.25) is 0 Å². The van der Waals surface area contributed by atoms with Gasteiger partial charge in [-0.15, -0.1) is 0 Å². The smallest absolute Gasteiger partial charge is 0.338 e. The molecule has 2 saturated carbocycles. The maximum Gasteiger partial charge on any atom is 0.338 e. The van der Waals surface area contributed by atoms with Crippen LogP contribution in [0.4, 0.5) is 0 Å². The van der Waals surface area contributed by atoms with E-state index in [1.54, 1.807) is 86.6 Å². The number of nitrogens with one attached hydrogen (secondary N) is 1. The van der Waals surface area contributed by atoms with E-state index in [4.69, 9.17) is 28.4 Å². The summed E-state index contributed by atoms with van der Waals surface area (Å²) in [7, 11) is 1.31. The summed E-state index contributed by atoms with van der Waals surface area (Å²) < 4.78 is 36.7. The molecule has 4 N–H and O–H groups in total. The lowest BCUT2D eigenvalue weighted by molar-refractivity contribution is -0.282. The number of hydrogen-bond donors (Lipinski definition) is 4. The van der Waals surface area contributed by atoms with Crippen LogP contribution < -0.4 is 10.1 Å². The van der Waals surface area contributed by atoms with Crippen LogP contribution in [0.2, 0.25) is 0 Å². The van der Waals surface area contributed by atoms with Crippen LogP contribution >= 0.6 is 0 Å². The number of ketones is 1. The number of ether oxygens (including phenoxy) is 6. The van der Waals surface area contributed by atoms with Crippen molar-refractivity contribution in [3.63, 3.8) is 0 Å². The van der Waals surface area contributed by atoms with Gasteiger partial charge in [0, 0.05) is 44.8 Å². The molecular formula is C55H61NO15. The van der Waals surface area contributed by atoms with E-state index < -0.39 is 113 Å². The van der Waals surface area contributed by atoms with Crippen LogP contribution in [-0.4, -0.2) is 106 Å². The number of carbonyl (C=O) groups excluding carboxylic acids is 6. The molecule has 0 spiro atoms. The molecule has 0 aromatic heterocycles. The van der Waals surface area contributed by atoms with Crippen molar-refractivity contribution in [2.75, 3.05) is 7.11 Å². The summed E-state index contributed by atoms with van der Waals surface area (Å²) in [5, 5.41) is 40.9. The van der Waals surface area contributed by atoms with Gasteiger partial charge in [0.25, 0.3) is 5.91 Å². The molecule has 4 aromatic carbocycles. The maximum atomic E-state index is 15.8. The van der Waals surface area contributed by atoms with Crippen LogP contribution in [0.1, 0.15) is 99.2 Å². The fourth-order valence-electron chi connectivity index (χ4n) is 11.0. The minimum Gasteiger partial charge on any atom is -0.489 e. The van der Waals surface area contributed by atoms with Gasteiger partial charge in [-0.05, 0) is 73.4 Å². The minimum atomic E-state index is -2.49. The Bertz CT molecular complexity index is 2670. The fraction of sp³-hybridized carbons (Fsp3) is 0.418. The van der Waals surface area contributed by atoms with Gasteiger partial charge in [0.1, 0.15) is 35.8 Å². The first kappa shape index (κ1) is 52.1. The van der Waals surface area contributed by atoms with Gasteiger partial charge < -0.3 is 49.1 Å². The van der Waals surface area contributed by atoms with Crippen molar-refractivity contribution in [2.45, 2.75) is 122 Å². The molecule has 0 radical (unpaired) electrons. The second kappa shape index (κ2) is 20.6. The van der Waals surface area contributed by atoms with Gasteiger partial charge in [-0.2, -0.15) is 0 Å². The van der Waals surface area contributed by atoms with Crippen molar-refractivity contribution in [2.24, 2.45) is 16.7 Å². The molecule has 3 aliphatic rings. The van der Waals surface area contributed by atoms with Crippen molar-refractivity contribution >= 4 is 35.6 Å². The van der Waals surface area contributed by atoms with Gasteiger partial charge in [-0.1, -0.05) is 98.8 Å². The molecule has 4 aromatic rings. The fourth-order valence-corrected chi connectivity index (χ4v) is 11.0. The van der Waals surface area contributed by atoms with Gasteiger partial charge in [0.05, 0.1) is 35.1 Å². The molecule has 0 aliphatic heterocycles. The third-order valence-electron chi connectivity index (χ3n) is 14.8. The van der Waals surface area contributed by atoms with Crippen LogP contribution in [0.15, 0.2) is 126 Å². The molecule has 7 rings (SSSR count). The number of fused-ring (bicyclic) bond motifs is 3. The summed E-state index contributed by atoms with van der Waals surface area (Å²) in [6.07, 6.45) is -11.2. The second-order valence-electron chi connectivity index (χ2n) is 19.4. The summed E-state index contributed by atoms with van der Waals surface area (Å²) in [4.78, 5) is 85.1. The Morgan fingerprint density at radius 3 is 2.00 bits per heavy atom. The summed E-state index contributed by atoms with van der Waals surface area (Å²) >= 11 is 0. The quantitative estimate of drug-likeness (QED) is 0.0650. The summed E-state index contributed by atoms with van der Waals surface area (Å²) in [6.45, 7) is 9.81. The van der Waals surface area contributed by atoms with Gasteiger partial charge in [-0.3, -0.25) is 19.2 Å². The Morgan fingerprint density at radius 1 is 0.789 bits per heavy atom. The predicted molar refractivity (Wildman–Crippen MR) is 255 cm³/mol. The first-order chi connectivity index (χ1) is 33.6. The Labute approximate surface area is 412 Å². The van der Waals surface area contributed by atoms with Crippen molar-refractivity contribution in [1.82, 2.24) is 5.32 Å². The zero-order chi connectivity index (χ0) is 51.6. The number of benzene rings is 4. The standard InChI is InChI=1S/C55H61NO15/c1-31-39(69-51(64)44(60)43(35-21-14-10-15-22-35)56-49(62)36-23-16-11-17-24-36)29-55(65)48(70-50(63)37-25-18-26-38(27-37)67-30-34-19-12-9-13-20-34)46-53(6,40(59)28-41(66-8)54(46,7)71-33(3)58)47(61)45(68-32(2)57)42(31)52(55,4)5/h9-27,39-41,43-46,48,59-60,65H,28-30H2,1-8H3,(H,56,62)/t39-,40-,41+,43-,44+,45+,46-,48-,53+,54-,55+/m0/s1. The molecule has 1 amide bonds. The third kappa shape index (κ3) is 9.86. The Kier molecular flexibility index (Phi) is 15.1. The molecule has 2 bridgehead atoms. The van der Waals surface area contributed by atoms with E-state index in [-0.39, 0.29) is 35.3 Å². The van der Waals surface area contributed by atoms with Gasteiger partial charge >= 0.3 is 23.9 Å². The lowest BCUT2D eigenvalue weighted by Crippen LogP contribution is -2.77. The van der Waals surface area contributed by atoms with E-state index in [0.717, 1.165) is 19.4 Å². The van der Waals surface area contributed by atoms with Crippen LogP contribution in [0.25, 0.3) is 0 Å². The van der Waals surface area contributed by atoms with E-state index in [0.29, 0.717) is 11.3 Å². The van der Waals surface area contributed by atoms with E-state index >= 15 is 4.79 Å². The van der Waals surface area contributed by atoms with E-state index in [2.05, 4.69) is 5.32 Å². The average Bonchev–Trinajstić information content (AvgIpc) is 3.34. The van der Waals surface area contributed by atoms with Crippen molar-refractivity contribution < 1.29 is 72.5 Å². The largest absolute Gasteiger partial charge is 0.489 e. The topological polar surface area (TPSA) is 231 Å². The molecule has 3 aliphatic carbocycles. The number of hydrogen-bond acceptors (Lipinski definition) is 15. The number of rotatable bonds is 14. The number of amides is 1. The predicted octanol–water partition coefficient (Wildman–Crippen LogP) is 5.95. The highest BCUT2D eigenvalue weighted by Gasteiger charge is 2.75. The lowest BCUT2D eigenvalue weighted by Gasteiger charge is -2.64. The first-order valence-corrected chi connectivity index (χ1v) is 23.4. The summed E-state index contributed by atoms with van der Waals surface area (Å²) in [6, 6.07) is 30.4. The van der Waals surface area contributed by atoms with Crippen molar-refractivity contribution in [3.8, 4) is 5.75 Å². The van der Waals surface area contributed by atoms with E-state index in [9.17, 15) is 39.3 Å². The molecule has 11 atom stereocenters. The highest BCUT2D eigenvalue weighted by molar-refractivity contribution is 5.96. The van der Waals surface area contributed by atoms with Crippen LogP contribution in [0.5, 0.6) is 5.75 Å². The van der Waals surface area contributed by atoms with Crippen molar-refractivity contribution in [3.05, 3.63) is 149 Å². The van der Waals surface area contributed by atoms with Crippen molar-refractivity contribution in [1.29, 1.82) is 0 Å². The van der Waals surface area contributed by atoms with Crippen LogP contribution in [0, 0.1) is 16.7 Å². The monoisotopic (exact) mass is 975 g/mol. The number of carbonyl (C=O) groups is 6. The highest BCUT2D eigenvalue weighted by atomic mass is 16.6. The Balaban J connectivity index is 1.38. The third-order valence-corrected chi connectivity index (χ3v) is 14.8. The Morgan fingerprint density at radius 2 is 1.39 bits per heavy atom. The zero-order valence-electron chi connectivity index (χ0n) is 41.0. The Hall–Kier alpha value is -6.72. The molecule has 376 valence electrons. The van der Waals surface area contributed by atoms with E-state index in [1.807, 2.05) is 30.3 Å². The van der Waals surface area contributed by atoms with Gasteiger partial charge in [-0.25, -0.2) is 9.59 Å². The molecule has 0 heterocycles. The van der Waals surface area contributed by atoms with E-state index in [1.165, 1.54) is 40.0 Å². The highest BCUT2D eigenvalue weighted by Crippen LogP contribution is 2.63. The van der Waals surface area contributed by atoms with Crippen LogP contribution in [0.3, 0.4) is 0 Å². The maximum absolute atomic E-state index is 15.8. The first-order valence-electron chi connectivity index (χ1n) is 23.4. The van der Waals surface area contributed by atoms with Gasteiger partial charge in [0.15, 0.2) is 18.0 Å². The SMILES string of the molecule is CO[C@@H]1C[C@H](O)[C@@]2(C)C(=O)[C@H](OC(C)=O)C3=C(C)[C@@H](OC(=O)[C@H](O)[C@@H](NC(=O)c4ccccc4)c4ccccc4)C[C@@](O)([C@@H](OC(=O)c4cccc(OCc5ccccc5)c4)[C@@H]2[C@@]1(C)OC(C)=O)C3(C)C. The number of methoxy groups -OCH3 is 1. The minimum absolute atomic E-state index is 0.0389. The number of esters is 4. The number of Topliss-reactive ketones (excluding diaryl/α,β-unsaturated/α-hetero) is 1. The lowest BCUT2D eigenvalue weighted by atomic mass is 9.45. The number of aliphatic hydroxyl groups excluding tert-OH is 2.